The van der Waals surface area contributed by atoms with Crippen LogP contribution in [0.5, 0.6) is 11.6 Å². The minimum absolute atomic E-state index is 0.156. The Hall–Kier alpha value is -3.94. The van der Waals surface area contributed by atoms with E-state index in [1.165, 1.54) is 6.08 Å². The number of piperazine rings is 1. The number of aromatic nitrogens is 2. The molecule has 10 heteroatoms. The first-order chi connectivity index (χ1) is 18.3. The zero-order chi connectivity index (χ0) is 26.7. The van der Waals surface area contributed by atoms with Gasteiger partial charge in [0.2, 0.25) is 21.9 Å². The summed E-state index contributed by atoms with van der Waals surface area (Å²) >= 11 is 0. The van der Waals surface area contributed by atoms with E-state index in [2.05, 4.69) is 20.2 Å². The summed E-state index contributed by atoms with van der Waals surface area (Å²) in [6, 6.07) is 15.6. The summed E-state index contributed by atoms with van der Waals surface area (Å²) in [6.07, 6.45) is 6.45. The summed E-state index contributed by atoms with van der Waals surface area (Å²) in [5, 5.41) is 11.8. The Morgan fingerprint density at radius 1 is 1.05 bits per heavy atom. The molecule has 9 nitrogen and oxygen atoms in total. The van der Waals surface area contributed by atoms with Gasteiger partial charge in [-0.2, -0.15) is 14.6 Å². The second-order valence-electron chi connectivity index (χ2n) is 9.57. The van der Waals surface area contributed by atoms with Gasteiger partial charge >= 0.3 is 0 Å². The normalized spacial score (nSPS) is 16.4. The second-order valence-corrected chi connectivity index (χ2v) is 11.8. The van der Waals surface area contributed by atoms with E-state index >= 15 is 0 Å². The van der Waals surface area contributed by atoms with E-state index in [4.69, 9.17) is 10.00 Å². The maximum atomic E-state index is 12.5. The summed E-state index contributed by atoms with van der Waals surface area (Å²) in [4.78, 5) is 11.0. The Balaban J connectivity index is 1.21. The van der Waals surface area contributed by atoms with Crippen LogP contribution in [-0.4, -0.2) is 54.1 Å². The summed E-state index contributed by atoms with van der Waals surface area (Å²) in [5.74, 6) is 1.56. The SMILES string of the molecule is Cc1cc(/C=C/C#N)cc(C)c1Oc1ccnc(Nc2ccc(N3CCN(S(=O)(=O)C4CC4)CC3)cc2)n1. The third-order valence-electron chi connectivity index (χ3n) is 6.70. The molecule has 0 atom stereocenters. The molecule has 1 aromatic heterocycles. The fraction of sp³-hybridized carbons (Fsp3) is 0.321. The summed E-state index contributed by atoms with van der Waals surface area (Å²) in [5.41, 5.74) is 4.71. The van der Waals surface area contributed by atoms with Gasteiger partial charge in [-0.05, 0) is 85.9 Å². The van der Waals surface area contributed by atoms with Crippen molar-refractivity contribution in [1.82, 2.24) is 14.3 Å². The van der Waals surface area contributed by atoms with E-state index in [0.29, 0.717) is 38.0 Å². The molecule has 0 radical (unpaired) electrons. The van der Waals surface area contributed by atoms with Crippen LogP contribution >= 0.6 is 0 Å². The molecule has 2 aliphatic rings. The lowest BCUT2D eigenvalue weighted by atomic mass is 10.1. The maximum absolute atomic E-state index is 12.5. The highest BCUT2D eigenvalue weighted by atomic mass is 32.2. The summed E-state index contributed by atoms with van der Waals surface area (Å²) < 4.78 is 32.7. The predicted octanol–water partition coefficient (Wildman–Crippen LogP) is 4.78. The van der Waals surface area contributed by atoms with Gasteiger partial charge in [0.05, 0.1) is 11.3 Å². The highest BCUT2D eigenvalue weighted by Crippen LogP contribution is 2.32. The molecule has 1 N–H and O–H groups in total. The lowest BCUT2D eigenvalue weighted by Crippen LogP contribution is -2.49. The van der Waals surface area contributed by atoms with Gasteiger partial charge in [-0.15, -0.1) is 0 Å². The Bertz CT molecular complexity index is 1460. The summed E-state index contributed by atoms with van der Waals surface area (Å²) in [7, 11) is -3.11. The first-order valence-corrected chi connectivity index (χ1v) is 14.1. The average Bonchev–Trinajstić information content (AvgIpc) is 3.77. The number of rotatable bonds is 8. The van der Waals surface area contributed by atoms with Crippen molar-refractivity contribution in [3.05, 3.63) is 71.4 Å². The molecular weight excluding hydrogens is 500 g/mol. The van der Waals surface area contributed by atoms with E-state index in [1.54, 1.807) is 22.6 Å². The molecule has 0 amide bonds. The van der Waals surface area contributed by atoms with Gasteiger partial charge in [-0.1, -0.05) is 0 Å². The van der Waals surface area contributed by atoms with E-state index in [-0.39, 0.29) is 5.25 Å². The van der Waals surface area contributed by atoms with Crippen molar-refractivity contribution in [2.24, 2.45) is 0 Å². The predicted molar refractivity (Wildman–Crippen MR) is 148 cm³/mol. The standard InChI is InChI=1S/C28H30N6O3S/c1-20-18-22(4-3-12-29)19-21(2)27(20)37-26-11-13-30-28(32-26)31-23-5-7-24(8-6-23)33-14-16-34(17-15-33)38(35,36)25-9-10-25/h3-8,11,13,18-19,25H,9-10,14-17H2,1-2H3,(H,30,31,32)/b4-3+. The van der Waals surface area contributed by atoms with Gasteiger partial charge in [0.15, 0.2) is 0 Å². The zero-order valence-corrected chi connectivity index (χ0v) is 22.3. The number of anilines is 3. The van der Waals surface area contributed by atoms with Crippen LogP contribution in [0.2, 0.25) is 0 Å². The monoisotopic (exact) mass is 530 g/mol. The van der Waals surface area contributed by atoms with Crippen LogP contribution in [0.4, 0.5) is 17.3 Å². The highest BCUT2D eigenvalue weighted by molar-refractivity contribution is 7.90. The Morgan fingerprint density at radius 3 is 2.37 bits per heavy atom. The number of allylic oxidation sites excluding steroid dienone is 1. The number of sulfonamides is 1. The van der Waals surface area contributed by atoms with Crippen LogP contribution in [0.3, 0.4) is 0 Å². The minimum Gasteiger partial charge on any atom is -0.438 e. The zero-order valence-electron chi connectivity index (χ0n) is 21.5. The number of hydrogen-bond acceptors (Lipinski definition) is 8. The molecule has 2 fully saturated rings. The molecule has 0 unspecified atom stereocenters. The number of benzene rings is 2. The van der Waals surface area contributed by atoms with E-state index in [0.717, 1.165) is 46.7 Å². The van der Waals surface area contributed by atoms with Crippen LogP contribution < -0.4 is 15.0 Å². The topological polar surface area (TPSA) is 111 Å². The number of nitrogens with zero attached hydrogens (tertiary/aromatic N) is 5. The molecule has 1 saturated heterocycles. The fourth-order valence-corrected chi connectivity index (χ4v) is 6.43. The van der Waals surface area contributed by atoms with Crippen LogP contribution in [0, 0.1) is 25.2 Å². The molecule has 5 rings (SSSR count). The third-order valence-corrected chi connectivity index (χ3v) is 9.10. The van der Waals surface area contributed by atoms with Crippen molar-refractivity contribution in [1.29, 1.82) is 5.26 Å². The lowest BCUT2D eigenvalue weighted by molar-refractivity contribution is 0.384. The van der Waals surface area contributed by atoms with E-state index < -0.39 is 10.0 Å². The van der Waals surface area contributed by atoms with Crippen LogP contribution in [0.1, 0.15) is 29.5 Å². The van der Waals surface area contributed by atoms with Gasteiger partial charge in [-0.3, -0.25) is 0 Å². The van der Waals surface area contributed by atoms with Crippen molar-refractivity contribution in [3.8, 4) is 17.7 Å². The molecule has 2 heterocycles. The van der Waals surface area contributed by atoms with Gasteiger partial charge in [0.25, 0.3) is 0 Å². The molecule has 38 heavy (non-hydrogen) atoms. The number of hydrogen-bond donors (Lipinski definition) is 1. The number of aryl methyl sites for hydroxylation is 2. The summed E-state index contributed by atoms with van der Waals surface area (Å²) in [6.45, 7) is 6.32. The Kier molecular flexibility index (Phi) is 7.31. The van der Waals surface area contributed by atoms with Crippen molar-refractivity contribution in [2.75, 3.05) is 36.4 Å². The average molecular weight is 531 g/mol. The third kappa shape index (κ3) is 5.79. The first-order valence-electron chi connectivity index (χ1n) is 12.6. The van der Waals surface area contributed by atoms with Gasteiger partial charge in [0.1, 0.15) is 5.75 Å². The molecule has 1 saturated carbocycles. The quantitative estimate of drug-likeness (QED) is 0.414. The number of nitrogens with one attached hydrogen (secondary N) is 1. The second kappa shape index (κ2) is 10.8. The van der Waals surface area contributed by atoms with Crippen molar-refractivity contribution < 1.29 is 13.2 Å². The van der Waals surface area contributed by atoms with Crippen LogP contribution in [0.15, 0.2) is 54.7 Å². The molecule has 1 aliphatic carbocycles. The maximum Gasteiger partial charge on any atom is 0.230 e. The van der Waals surface area contributed by atoms with Crippen molar-refractivity contribution >= 4 is 33.4 Å². The molecule has 3 aromatic rings. The van der Waals surface area contributed by atoms with Gasteiger partial charge in [-0.25, -0.2) is 13.4 Å². The smallest absolute Gasteiger partial charge is 0.230 e. The first kappa shape index (κ1) is 25.7. The van der Waals surface area contributed by atoms with Gasteiger partial charge in [0, 0.05) is 55.9 Å². The molecule has 1 aliphatic heterocycles. The van der Waals surface area contributed by atoms with Crippen LogP contribution in [0.25, 0.3) is 6.08 Å². The largest absolute Gasteiger partial charge is 0.438 e. The Morgan fingerprint density at radius 2 is 1.74 bits per heavy atom. The molecular formula is C28H30N6O3S. The highest BCUT2D eigenvalue weighted by Gasteiger charge is 2.40. The number of ether oxygens (including phenoxy) is 1. The van der Waals surface area contributed by atoms with E-state index in [9.17, 15) is 8.42 Å². The van der Waals surface area contributed by atoms with Crippen molar-refractivity contribution in [3.63, 3.8) is 0 Å². The molecule has 2 aromatic carbocycles. The molecule has 196 valence electrons. The molecule has 0 spiro atoms. The van der Waals surface area contributed by atoms with Crippen LogP contribution in [-0.2, 0) is 10.0 Å². The number of nitriles is 1. The minimum atomic E-state index is -3.11. The van der Waals surface area contributed by atoms with E-state index in [1.807, 2.05) is 56.3 Å². The lowest BCUT2D eigenvalue weighted by Gasteiger charge is -2.35. The van der Waals surface area contributed by atoms with Gasteiger partial charge < -0.3 is 15.0 Å². The Labute approximate surface area is 223 Å². The molecule has 0 bridgehead atoms. The van der Waals surface area contributed by atoms with Crippen molar-refractivity contribution in [2.45, 2.75) is 31.9 Å². The fourth-order valence-electron chi connectivity index (χ4n) is 4.60.